The van der Waals surface area contributed by atoms with E-state index >= 15 is 0 Å². The second kappa shape index (κ2) is 6.02. The van der Waals surface area contributed by atoms with Gasteiger partial charge in [-0.15, -0.1) is 5.10 Å². The van der Waals surface area contributed by atoms with Gasteiger partial charge in [-0.1, -0.05) is 17.3 Å². The number of nitrogens with one attached hydrogen (secondary N) is 1. The van der Waals surface area contributed by atoms with Crippen molar-refractivity contribution in [3.05, 3.63) is 41.7 Å². The Morgan fingerprint density at radius 1 is 1.29 bits per heavy atom. The molecule has 1 aromatic heterocycles. The molecule has 2 aliphatic rings. The summed E-state index contributed by atoms with van der Waals surface area (Å²) in [5.41, 5.74) is 2.48. The molecule has 0 spiro atoms. The first kappa shape index (κ1) is 15.3. The summed E-state index contributed by atoms with van der Waals surface area (Å²) >= 11 is 0. The van der Waals surface area contributed by atoms with E-state index in [-0.39, 0.29) is 5.91 Å². The van der Waals surface area contributed by atoms with Gasteiger partial charge in [0.05, 0.1) is 11.9 Å². The van der Waals surface area contributed by atoms with Crippen molar-refractivity contribution in [2.24, 2.45) is 0 Å². The SMILES string of the molecule is Cc1cccc(-n2cc(C(=O)N(C)C3CC4CCC(C3)N4)nn2)c1. The zero-order valence-corrected chi connectivity index (χ0v) is 14.1. The molecule has 1 aromatic carbocycles. The van der Waals surface area contributed by atoms with E-state index in [1.807, 2.05) is 43.1 Å². The van der Waals surface area contributed by atoms with Gasteiger partial charge in [-0.05, 0) is 50.3 Å². The van der Waals surface area contributed by atoms with Crippen LogP contribution < -0.4 is 5.32 Å². The van der Waals surface area contributed by atoms with Crippen LogP contribution in [0.4, 0.5) is 0 Å². The molecule has 0 saturated carbocycles. The summed E-state index contributed by atoms with van der Waals surface area (Å²) in [5, 5.41) is 11.8. The molecule has 2 atom stereocenters. The summed E-state index contributed by atoms with van der Waals surface area (Å²) in [6.07, 6.45) is 6.25. The average Bonchev–Trinajstić information content (AvgIpc) is 3.20. The summed E-state index contributed by atoms with van der Waals surface area (Å²) in [6, 6.07) is 9.41. The summed E-state index contributed by atoms with van der Waals surface area (Å²) in [7, 11) is 1.89. The fourth-order valence-corrected chi connectivity index (χ4v) is 3.95. The lowest BCUT2D eigenvalue weighted by atomic mass is 9.98. The van der Waals surface area contributed by atoms with Crippen molar-refractivity contribution in [2.75, 3.05) is 7.05 Å². The monoisotopic (exact) mass is 325 g/mol. The third-order valence-electron chi connectivity index (χ3n) is 5.29. The quantitative estimate of drug-likeness (QED) is 0.937. The molecule has 4 rings (SSSR count). The van der Waals surface area contributed by atoms with E-state index in [0.717, 1.165) is 24.1 Å². The lowest BCUT2D eigenvalue weighted by Crippen LogP contribution is -2.48. The Morgan fingerprint density at radius 3 is 2.75 bits per heavy atom. The molecule has 0 radical (unpaired) electrons. The summed E-state index contributed by atoms with van der Waals surface area (Å²) in [5.74, 6) is -0.0415. The van der Waals surface area contributed by atoms with Gasteiger partial charge in [-0.3, -0.25) is 4.79 Å². The molecular weight excluding hydrogens is 302 g/mol. The average molecular weight is 325 g/mol. The maximum Gasteiger partial charge on any atom is 0.276 e. The van der Waals surface area contributed by atoms with E-state index in [9.17, 15) is 4.79 Å². The summed E-state index contributed by atoms with van der Waals surface area (Å²) in [4.78, 5) is 14.6. The van der Waals surface area contributed by atoms with Crippen LogP contribution >= 0.6 is 0 Å². The standard InChI is InChI=1S/C18H23N5O/c1-12-4-3-5-15(8-12)23-11-17(20-21-23)18(24)22(2)16-9-13-6-7-14(10-16)19-13/h3-5,8,11,13-14,16,19H,6-7,9-10H2,1-2H3. The van der Waals surface area contributed by atoms with E-state index in [0.29, 0.717) is 23.8 Å². The topological polar surface area (TPSA) is 63.1 Å². The number of rotatable bonds is 3. The molecular formula is C18H23N5O. The number of piperidine rings is 1. The Kier molecular flexibility index (Phi) is 3.84. The van der Waals surface area contributed by atoms with Crippen molar-refractivity contribution in [2.45, 2.75) is 50.7 Å². The highest BCUT2D eigenvalue weighted by Crippen LogP contribution is 2.29. The summed E-state index contributed by atoms with van der Waals surface area (Å²) in [6.45, 7) is 2.03. The van der Waals surface area contributed by atoms with Gasteiger partial charge in [-0.2, -0.15) is 0 Å². The highest BCUT2D eigenvalue weighted by Gasteiger charge is 2.36. The lowest BCUT2D eigenvalue weighted by molar-refractivity contribution is 0.0675. The van der Waals surface area contributed by atoms with Crippen LogP contribution in [0.2, 0.25) is 0 Å². The van der Waals surface area contributed by atoms with Gasteiger partial charge in [0.2, 0.25) is 0 Å². The van der Waals surface area contributed by atoms with Crippen LogP contribution in [0.25, 0.3) is 5.69 Å². The van der Waals surface area contributed by atoms with E-state index < -0.39 is 0 Å². The molecule has 2 unspecified atom stereocenters. The number of nitrogens with zero attached hydrogens (tertiary/aromatic N) is 4. The Bertz CT molecular complexity index is 743. The van der Waals surface area contributed by atoms with Crippen LogP contribution in [0, 0.1) is 6.92 Å². The van der Waals surface area contributed by atoms with Crippen LogP contribution in [0.1, 0.15) is 41.7 Å². The van der Waals surface area contributed by atoms with Crippen LogP contribution in [0.3, 0.4) is 0 Å². The van der Waals surface area contributed by atoms with E-state index in [4.69, 9.17) is 0 Å². The second-order valence-electron chi connectivity index (χ2n) is 7.07. The van der Waals surface area contributed by atoms with Gasteiger partial charge in [0.15, 0.2) is 5.69 Å². The molecule has 0 aliphatic carbocycles. The number of amides is 1. The second-order valence-corrected chi connectivity index (χ2v) is 7.07. The molecule has 2 saturated heterocycles. The number of fused-ring (bicyclic) bond motifs is 2. The van der Waals surface area contributed by atoms with Crippen LogP contribution in [-0.4, -0.2) is 51.0 Å². The maximum absolute atomic E-state index is 12.8. The largest absolute Gasteiger partial charge is 0.337 e. The molecule has 6 heteroatoms. The third kappa shape index (κ3) is 2.82. The minimum absolute atomic E-state index is 0.0415. The minimum atomic E-state index is -0.0415. The lowest BCUT2D eigenvalue weighted by Gasteiger charge is -2.35. The zero-order chi connectivity index (χ0) is 16.7. The van der Waals surface area contributed by atoms with Gasteiger partial charge >= 0.3 is 0 Å². The maximum atomic E-state index is 12.8. The number of benzene rings is 1. The predicted molar refractivity (Wildman–Crippen MR) is 91.2 cm³/mol. The molecule has 1 amide bonds. The van der Waals surface area contributed by atoms with Crippen LogP contribution in [0.5, 0.6) is 0 Å². The molecule has 126 valence electrons. The Labute approximate surface area is 141 Å². The van der Waals surface area contributed by atoms with Crippen LogP contribution in [-0.2, 0) is 0 Å². The molecule has 2 aromatic rings. The summed E-state index contributed by atoms with van der Waals surface area (Å²) < 4.78 is 1.67. The van der Waals surface area contributed by atoms with Crippen molar-refractivity contribution in [3.8, 4) is 5.69 Å². The molecule has 6 nitrogen and oxygen atoms in total. The first-order valence-corrected chi connectivity index (χ1v) is 8.63. The van der Waals surface area contributed by atoms with Gasteiger partial charge in [0, 0.05) is 25.2 Å². The van der Waals surface area contributed by atoms with Gasteiger partial charge in [0.25, 0.3) is 5.91 Å². The number of carbonyl (C=O) groups excluding carboxylic acids is 1. The molecule has 1 N–H and O–H groups in total. The Balaban J connectivity index is 1.50. The zero-order valence-electron chi connectivity index (χ0n) is 14.1. The highest BCUT2D eigenvalue weighted by atomic mass is 16.2. The normalized spacial score (nSPS) is 25.7. The molecule has 24 heavy (non-hydrogen) atoms. The number of hydrogen-bond acceptors (Lipinski definition) is 4. The van der Waals surface area contributed by atoms with Gasteiger partial charge in [-0.25, -0.2) is 4.68 Å². The fraction of sp³-hybridized carbons (Fsp3) is 0.500. The number of carbonyl (C=O) groups is 1. The van der Waals surface area contributed by atoms with E-state index in [1.165, 1.54) is 12.8 Å². The van der Waals surface area contributed by atoms with Crippen molar-refractivity contribution >= 4 is 5.91 Å². The smallest absolute Gasteiger partial charge is 0.276 e. The van der Waals surface area contributed by atoms with Crippen molar-refractivity contribution in [1.82, 2.24) is 25.2 Å². The third-order valence-corrected chi connectivity index (χ3v) is 5.29. The van der Waals surface area contributed by atoms with Crippen molar-refractivity contribution < 1.29 is 4.79 Å². The molecule has 2 aliphatic heterocycles. The van der Waals surface area contributed by atoms with Crippen LogP contribution in [0.15, 0.2) is 30.5 Å². The number of hydrogen-bond donors (Lipinski definition) is 1. The van der Waals surface area contributed by atoms with Crippen molar-refractivity contribution in [3.63, 3.8) is 0 Å². The fourth-order valence-electron chi connectivity index (χ4n) is 3.95. The first-order chi connectivity index (χ1) is 11.6. The Morgan fingerprint density at radius 2 is 2.04 bits per heavy atom. The van der Waals surface area contributed by atoms with E-state index in [2.05, 4.69) is 15.6 Å². The van der Waals surface area contributed by atoms with Crippen molar-refractivity contribution in [1.29, 1.82) is 0 Å². The molecule has 2 fully saturated rings. The highest BCUT2D eigenvalue weighted by molar-refractivity contribution is 5.92. The van der Waals surface area contributed by atoms with E-state index in [1.54, 1.807) is 10.9 Å². The van der Waals surface area contributed by atoms with Gasteiger partial charge < -0.3 is 10.2 Å². The predicted octanol–water partition coefficient (Wildman–Crippen LogP) is 1.93. The number of aryl methyl sites for hydroxylation is 1. The van der Waals surface area contributed by atoms with Gasteiger partial charge in [0.1, 0.15) is 0 Å². The Hall–Kier alpha value is -2.21. The molecule has 2 bridgehead atoms. The number of aromatic nitrogens is 3. The first-order valence-electron chi connectivity index (χ1n) is 8.63. The minimum Gasteiger partial charge on any atom is -0.337 e. The molecule has 3 heterocycles.